The molecule has 1 aromatic heterocycles. The summed E-state index contributed by atoms with van der Waals surface area (Å²) in [7, 11) is 0. The summed E-state index contributed by atoms with van der Waals surface area (Å²) < 4.78 is 1.83. The molecule has 2 atom stereocenters. The van der Waals surface area contributed by atoms with Crippen LogP contribution in [0, 0.1) is 0 Å². The summed E-state index contributed by atoms with van der Waals surface area (Å²) in [6.45, 7) is 3.70. The Morgan fingerprint density at radius 3 is 3.18 bits per heavy atom. The van der Waals surface area contributed by atoms with E-state index in [2.05, 4.69) is 22.3 Å². The lowest BCUT2D eigenvalue weighted by Crippen LogP contribution is -2.44. The molecule has 2 unspecified atom stereocenters. The lowest BCUT2D eigenvalue weighted by Gasteiger charge is -2.24. The molecule has 0 amide bonds. The molecular formula is C11H20N4OS. The quantitative estimate of drug-likeness (QED) is 0.777. The molecule has 0 spiro atoms. The van der Waals surface area contributed by atoms with Crippen LogP contribution in [-0.2, 0) is 6.54 Å². The van der Waals surface area contributed by atoms with Gasteiger partial charge >= 0.3 is 0 Å². The summed E-state index contributed by atoms with van der Waals surface area (Å²) in [6.07, 6.45) is 5.18. The van der Waals surface area contributed by atoms with Crippen molar-refractivity contribution in [3.63, 3.8) is 0 Å². The van der Waals surface area contributed by atoms with Gasteiger partial charge in [-0.2, -0.15) is 16.9 Å². The topological polar surface area (TPSA) is 63.0 Å². The maximum atomic E-state index is 10.2. The molecule has 6 heteroatoms. The van der Waals surface area contributed by atoms with Crippen molar-refractivity contribution in [3.05, 3.63) is 12.7 Å². The molecule has 0 aromatic carbocycles. The van der Waals surface area contributed by atoms with Crippen LogP contribution in [0.15, 0.2) is 12.7 Å². The van der Waals surface area contributed by atoms with Gasteiger partial charge in [0.25, 0.3) is 0 Å². The van der Waals surface area contributed by atoms with E-state index >= 15 is 0 Å². The second-order valence-electron chi connectivity index (χ2n) is 4.76. The lowest BCUT2D eigenvalue weighted by atomic mass is 10.0. The van der Waals surface area contributed by atoms with Gasteiger partial charge in [0.05, 0.1) is 5.60 Å². The number of aliphatic hydroxyl groups is 1. The van der Waals surface area contributed by atoms with E-state index in [1.165, 1.54) is 0 Å². The molecular weight excluding hydrogens is 236 g/mol. The Kier molecular flexibility index (Phi) is 4.42. The van der Waals surface area contributed by atoms with Crippen LogP contribution < -0.4 is 5.32 Å². The van der Waals surface area contributed by atoms with Crippen molar-refractivity contribution in [2.24, 2.45) is 0 Å². The maximum absolute atomic E-state index is 10.2. The second-order valence-corrected chi connectivity index (χ2v) is 5.86. The lowest BCUT2D eigenvalue weighted by molar-refractivity contribution is 0.0646. The van der Waals surface area contributed by atoms with E-state index in [-0.39, 0.29) is 0 Å². The first-order valence-electron chi connectivity index (χ1n) is 6.04. The minimum absolute atomic E-state index is 0.383. The van der Waals surface area contributed by atoms with E-state index < -0.39 is 5.60 Å². The largest absolute Gasteiger partial charge is 0.388 e. The summed E-state index contributed by atoms with van der Waals surface area (Å²) in [5.41, 5.74) is -0.494. The standard InChI is InChI=1S/C11H20N4OS/c1-10(2-4-15-9-12-8-14-15)13-6-11(16)3-5-17-7-11/h8-10,13,16H,2-7H2,1H3. The zero-order valence-electron chi connectivity index (χ0n) is 10.2. The van der Waals surface area contributed by atoms with Crippen LogP contribution in [0.1, 0.15) is 19.8 Å². The summed E-state index contributed by atoms with van der Waals surface area (Å²) >= 11 is 1.83. The predicted molar refractivity (Wildman–Crippen MR) is 69.0 cm³/mol. The van der Waals surface area contributed by atoms with Gasteiger partial charge < -0.3 is 10.4 Å². The summed E-state index contributed by atoms with van der Waals surface area (Å²) in [5.74, 6) is 1.93. The molecule has 0 radical (unpaired) electrons. The SMILES string of the molecule is CC(CCn1cncn1)NCC1(O)CCSC1. The van der Waals surface area contributed by atoms with Crippen LogP contribution in [0.2, 0.25) is 0 Å². The number of aromatic nitrogens is 3. The average molecular weight is 256 g/mol. The van der Waals surface area contributed by atoms with Crippen molar-refractivity contribution in [1.82, 2.24) is 20.1 Å². The Hall–Kier alpha value is -0.590. The Morgan fingerprint density at radius 1 is 1.65 bits per heavy atom. The maximum Gasteiger partial charge on any atom is 0.137 e. The normalized spacial score (nSPS) is 26.2. The van der Waals surface area contributed by atoms with Crippen LogP contribution in [-0.4, -0.2) is 49.6 Å². The number of nitrogens with zero attached hydrogens (tertiary/aromatic N) is 3. The van der Waals surface area contributed by atoms with Crippen molar-refractivity contribution < 1.29 is 5.11 Å². The van der Waals surface area contributed by atoms with Gasteiger partial charge in [0, 0.05) is 24.9 Å². The first-order chi connectivity index (χ1) is 8.18. The highest BCUT2D eigenvalue weighted by atomic mass is 32.2. The number of rotatable bonds is 6. The number of nitrogens with one attached hydrogen (secondary N) is 1. The van der Waals surface area contributed by atoms with E-state index in [1.54, 1.807) is 12.7 Å². The van der Waals surface area contributed by atoms with E-state index in [9.17, 15) is 5.11 Å². The molecule has 2 rings (SSSR count). The van der Waals surface area contributed by atoms with Gasteiger partial charge in [0.2, 0.25) is 0 Å². The van der Waals surface area contributed by atoms with Crippen LogP contribution >= 0.6 is 11.8 Å². The third kappa shape index (κ3) is 3.97. The first-order valence-corrected chi connectivity index (χ1v) is 7.19. The number of hydrogen-bond acceptors (Lipinski definition) is 5. The predicted octanol–water partition coefficient (Wildman–Crippen LogP) is 0.514. The van der Waals surface area contributed by atoms with Crippen molar-refractivity contribution in [2.75, 3.05) is 18.1 Å². The van der Waals surface area contributed by atoms with Gasteiger partial charge in [-0.3, -0.25) is 4.68 Å². The molecule has 96 valence electrons. The molecule has 0 bridgehead atoms. The molecule has 1 fully saturated rings. The van der Waals surface area contributed by atoms with Gasteiger partial charge in [-0.1, -0.05) is 0 Å². The van der Waals surface area contributed by atoms with Crippen molar-refractivity contribution in [2.45, 2.75) is 38.0 Å². The molecule has 0 saturated carbocycles. The third-order valence-electron chi connectivity index (χ3n) is 3.12. The Labute approximate surface area is 106 Å². The third-order valence-corrected chi connectivity index (χ3v) is 4.35. The molecule has 1 aliphatic rings. The van der Waals surface area contributed by atoms with E-state index in [0.717, 1.165) is 30.9 Å². The fourth-order valence-electron chi connectivity index (χ4n) is 1.88. The van der Waals surface area contributed by atoms with Gasteiger partial charge in [-0.25, -0.2) is 4.98 Å². The summed E-state index contributed by atoms with van der Waals surface area (Å²) in [5, 5.41) is 17.6. The van der Waals surface area contributed by atoms with Gasteiger partial charge in [0.1, 0.15) is 12.7 Å². The molecule has 17 heavy (non-hydrogen) atoms. The second kappa shape index (κ2) is 5.84. The molecule has 5 nitrogen and oxygen atoms in total. The fourth-order valence-corrected chi connectivity index (χ4v) is 3.17. The summed E-state index contributed by atoms with van der Waals surface area (Å²) in [6, 6.07) is 0.383. The summed E-state index contributed by atoms with van der Waals surface area (Å²) in [4.78, 5) is 3.91. The number of aryl methyl sites for hydroxylation is 1. The van der Waals surface area contributed by atoms with E-state index in [0.29, 0.717) is 12.6 Å². The van der Waals surface area contributed by atoms with E-state index in [4.69, 9.17) is 0 Å². The zero-order valence-corrected chi connectivity index (χ0v) is 11.0. The van der Waals surface area contributed by atoms with Crippen LogP contribution in [0.5, 0.6) is 0 Å². The van der Waals surface area contributed by atoms with Gasteiger partial charge in [0.15, 0.2) is 0 Å². The van der Waals surface area contributed by atoms with Gasteiger partial charge in [-0.05, 0) is 25.5 Å². The van der Waals surface area contributed by atoms with Crippen LogP contribution in [0.3, 0.4) is 0 Å². The van der Waals surface area contributed by atoms with Crippen molar-refractivity contribution in [1.29, 1.82) is 0 Å². The number of hydrogen-bond donors (Lipinski definition) is 2. The Bertz CT molecular complexity index is 324. The molecule has 1 aromatic rings. The Morgan fingerprint density at radius 2 is 2.53 bits per heavy atom. The van der Waals surface area contributed by atoms with Crippen molar-refractivity contribution >= 4 is 11.8 Å². The van der Waals surface area contributed by atoms with Gasteiger partial charge in [-0.15, -0.1) is 0 Å². The molecule has 2 heterocycles. The monoisotopic (exact) mass is 256 g/mol. The highest BCUT2D eigenvalue weighted by molar-refractivity contribution is 7.99. The molecule has 1 aliphatic heterocycles. The van der Waals surface area contributed by atoms with Crippen LogP contribution in [0.25, 0.3) is 0 Å². The zero-order chi connectivity index (χ0) is 12.1. The molecule has 2 N–H and O–H groups in total. The molecule has 1 saturated heterocycles. The minimum atomic E-state index is -0.494. The van der Waals surface area contributed by atoms with E-state index in [1.807, 2.05) is 16.4 Å². The highest BCUT2D eigenvalue weighted by Gasteiger charge is 2.31. The van der Waals surface area contributed by atoms with Crippen molar-refractivity contribution in [3.8, 4) is 0 Å². The first kappa shape index (κ1) is 12.9. The number of thioether (sulfide) groups is 1. The molecule has 0 aliphatic carbocycles. The smallest absolute Gasteiger partial charge is 0.137 e. The highest BCUT2D eigenvalue weighted by Crippen LogP contribution is 2.27. The Balaban J connectivity index is 1.65. The fraction of sp³-hybridized carbons (Fsp3) is 0.818. The van der Waals surface area contributed by atoms with Crippen LogP contribution in [0.4, 0.5) is 0 Å². The average Bonchev–Trinajstić information content (AvgIpc) is 2.95. The minimum Gasteiger partial charge on any atom is -0.388 e.